The summed E-state index contributed by atoms with van der Waals surface area (Å²) in [5.41, 5.74) is -0.221. The first kappa shape index (κ1) is 22.0. The van der Waals surface area contributed by atoms with Crippen molar-refractivity contribution in [3.05, 3.63) is 33.7 Å². The molecule has 2 amide bonds. The topological polar surface area (TPSA) is 116 Å². The number of esters is 1. The molecule has 1 saturated heterocycles. The van der Waals surface area contributed by atoms with Gasteiger partial charge < -0.3 is 20.0 Å². The van der Waals surface area contributed by atoms with Crippen molar-refractivity contribution in [1.29, 1.82) is 0 Å². The van der Waals surface area contributed by atoms with Crippen LogP contribution in [0.25, 0.3) is 0 Å². The van der Waals surface area contributed by atoms with Crippen LogP contribution in [-0.2, 0) is 23.9 Å². The average molecular weight is 418 g/mol. The Morgan fingerprint density at radius 2 is 2.07 bits per heavy atom. The number of carboxylic acid groups (broad SMARTS) is 1. The summed E-state index contributed by atoms with van der Waals surface area (Å²) in [6.45, 7) is 2.37. The van der Waals surface area contributed by atoms with E-state index < -0.39 is 30.0 Å². The maximum absolute atomic E-state index is 12.6. The normalized spacial score (nSPS) is 22.1. The number of amides is 2. The number of nitrogens with one attached hydrogen (secondary N) is 1. The first-order valence-electron chi connectivity index (χ1n) is 7.68. The third-order valence-corrected chi connectivity index (χ3v) is 6.23. The monoisotopic (exact) mass is 418 g/mol. The Morgan fingerprint density at radius 1 is 1.37 bits per heavy atom. The van der Waals surface area contributed by atoms with Gasteiger partial charge in [-0.1, -0.05) is 6.07 Å². The zero-order valence-electron chi connectivity index (χ0n) is 14.9. The molecular formula is C16H15N2NaO6S2. The third kappa shape index (κ3) is 4.24. The number of carbonyl (C=O) groups excluding carboxylic acids is 4. The molecule has 0 aromatic carbocycles. The first-order valence-corrected chi connectivity index (χ1v) is 9.61. The molecule has 1 aromatic rings. The molecule has 0 aliphatic carbocycles. The largest absolute Gasteiger partial charge is 1.00 e. The van der Waals surface area contributed by atoms with E-state index in [1.165, 1.54) is 30.0 Å². The molecule has 0 saturated carbocycles. The van der Waals surface area contributed by atoms with Gasteiger partial charge in [-0.05, 0) is 11.4 Å². The van der Waals surface area contributed by atoms with E-state index in [-0.39, 0.29) is 57.9 Å². The Labute approximate surface area is 185 Å². The summed E-state index contributed by atoms with van der Waals surface area (Å²) in [7, 11) is 0. The van der Waals surface area contributed by atoms with Crippen LogP contribution >= 0.6 is 23.1 Å². The minimum atomic E-state index is -1.55. The Morgan fingerprint density at radius 3 is 2.59 bits per heavy atom. The second-order valence-electron chi connectivity index (χ2n) is 5.75. The van der Waals surface area contributed by atoms with Gasteiger partial charge in [0.05, 0.1) is 17.0 Å². The van der Waals surface area contributed by atoms with Gasteiger partial charge in [0, 0.05) is 30.1 Å². The van der Waals surface area contributed by atoms with Crippen LogP contribution in [0, 0.1) is 0 Å². The Bertz CT molecular complexity index is 794. The zero-order valence-corrected chi connectivity index (χ0v) is 18.5. The standard InChI is InChI=1S/C16H16N2O6S2.Na/c1-7(19)17-13(24-8(2)20)9-6-26-15-11(10-4-3-5-25-10)14(21)18(15)12(9)16(22)23;/h3-5,11,13,15H,6H2,1-2H3,(H,17,19)(H,22,23);/q;+1/p-1/t11-,13?,15-;/m1./s1. The number of rotatable bonds is 5. The van der Waals surface area contributed by atoms with Crippen LogP contribution in [0.1, 0.15) is 24.6 Å². The summed E-state index contributed by atoms with van der Waals surface area (Å²) in [6, 6.07) is 3.67. The minimum absolute atomic E-state index is 0. The molecule has 1 unspecified atom stereocenters. The number of aliphatic carboxylic acids is 1. The van der Waals surface area contributed by atoms with E-state index in [2.05, 4.69) is 5.32 Å². The van der Waals surface area contributed by atoms with E-state index in [0.717, 1.165) is 16.7 Å². The Kier molecular flexibility index (Phi) is 7.14. The van der Waals surface area contributed by atoms with Crippen molar-refractivity contribution in [2.75, 3.05) is 5.75 Å². The van der Waals surface area contributed by atoms with Crippen molar-refractivity contribution in [1.82, 2.24) is 10.2 Å². The number of fused-ring (bicyclic) bond motifs is 1. The summed E-state index contributed by atoms with van der Waals surface area (Å²) in [5, 5.41) is 15.6. The van der Waals surface area contributed by atoms with Gasteiger partial charge in [-0.3, -0.25) is 19.3 Å². The van der Waals surface area contributed by atoms with Gasteiger partial charge in [-0.2, -0.15) is 0 Å². The molecular weight excluding hydrogens is 403 g/mol. The van der Waals surface area contributed by atoms with Crippen LogP contribution in [0.5, 0.6) is 0 Å². The number of nitrogens with zero attached hydrogens (tertiary/aromatic N) is 1. The van der Waals surface area contributed by atoms with Crippen molar-refractivity contribution in [2.24, 2.45) is 0 Å². The summed E-state index contributed by atoms with van der Waals surface area (Å²) in [5.74, 6) is -3.33. The molecule has 3 rings (SSSR count). The van der Waals surface area contributed by atoms with Gasteiger partial charge in [0.2, 0.25) is 18.0 Å². The number of carboxylic acids is 1. The van der Waals surface area contributed by atoms with Crippen molar-refractivity contribution >= 4 is 46.9 Å². The second kappa shape index (κ2) is 8.78. The van der Waals surface area contributed by atoms with Crippen molar-refractivity contribution in [3.63, 3.8) is 0 Å². The van der Waals surface area contributed by atoms with Crippen molar-refractivity contribution in [3.8, 4) is 0 Å². The van der Waals surface area contributed by atoms with E-state index in [9.17, 15) is 24.3 Å². The molecule has 8 nitrogen and oxygen atoms in total. The number of β-lactam (4-membered cyclic amide) rings is 1. The van der Waals surface area contributed by atoms with Crippen molar-refractivity contribution < 1.29 is 58.6 Å². The van der Waals surface area contributed by atoms with E-state index in [1.807, 2.05) is 17.5 Å². The van der Waals surface area contributed by atoms with Crippen LogP contribution in [0.2, 0.25) is 0 Å². The van der Waals surface area contributed by atoms with E-state index >= 15 is 0 Å². The quantitative estimate of drug-likeness (QED) is 0.231. The SMILES string of the molecule is CC(=O)NC(OC(C)=O)C1=C(C(=O)[O-])N2C(=O)[C@@H](c3cccs3)[C@H]2SC1.[Na+]. The molecule has 27 heavy (non-hydrogen) atoms. The fraction of sp³-hybridized carbons (Fsp3) is 0.375. The number of hydrogen-bond donors (Lipinski definition) is 1. The maximum Gasteiger partial charge on any atom is 1.00 e. The number of ether oxygens (including phenoxy) is 1. The van der Waals surface area contributed by atoms with E-state index in [0.29, 0.717) is 0 Å². The molecule has 1 N–H and O–H groups in total. The smallest absolute Gasteiger partial charge is 0.543 e. The number of hydrogen-bond acceptors (Lipinski definition) is 8. The summed E-state index contributed by atoms with van der Waals surface area (Å²) in [4.78, 5) is 49.1. The van der Waals surface area contributed by atoms with Gasteiger partial charge in [-0.25, -0.2) is 0 Å². The maximum atomic E-state index is 12.6. The zero-order chi connectivity index (χ0) is 19.0. The molecule has 2 aliphatic heterocycles. The van der Waals surface area contributed by atoms with Crippen LogP contribution in [-0.4, -0.2) is 46.0 Å². The first-order chi connectivity index (χ1) is 12.3. The fourth-order valence-corrected chi connectivity index (χ4v) is 5.35. The number of thioether (sulfide) groups is 1. The minimum Gasteiger partial charge on any atom is -0.543 e. The van der Waals surface area contributed by atoms with Crippen LogP contribution in [0.15, 0.2) is 28.8 Å². The summed E-state index contributed by atoms with van der Waals surface area (Å²) >= 11 is 2.79. The molecule has 1 aromatic heterocycles. The predicted molar refractivity (Wildman–Crippen MR) is 91.6 cm³/mol. The molecule has 11 heteroatoms. The van der Waals surface area contributed by atoms with Gasteiger partial charge >= 0.3 is 35.5 Å². The molecule has 3 heterocycles. The van der Waals surface area contributed by atoms with Crippen LogP contribution < -0.4 is 40.0 Å². The van der Waals surface area contributed by atoms with Gasteiger partial charge in [0.15, 0.2) is 0 Å². The van der Waals surface area contributed by atoms with Gasteiger partial charge in [0.25, 0.3) is 0 Å². The molecule has 0 bridgehead atoms. The molecule has 3 atom stereocenters. The Balaban J connectivity index is 0.00000261. The predicted octanol–water partition coefficient (Wildman–Crippen LogP) is -3.22. The molecule has 1 fully saturated rings. The van der Waals surface area contributed by atoms with E-state index in [4.69, 9.17) is 4.74 Å². The Hall–Kier alpha value is -1.33. The number of thiophene rings is 1. The van der Waals surface area contributed by atoms with Crippen LogP contribution in [0.3, 0.4) is 0 Å². The average Bonchev–Trinajstić information content (AvgIpc) is 3.05. The molecule has 2 aliphatic rings. The molecule has 0 spiro atoms. The van der Waals surface area contributed by atoms with Crippen LogP contribution in [0.4, 0.5) is 0 Å². The summed E-state index contributed by atoms with van der Waals surface area (Å²) in [6.07, 6.45) is -1.26. The van der Waals surface area contributed by atoms with Crippen molar-refractivity contribution in [2.45, 2.75) is 31.4 Å². The summed E-state index contributed by atoms with van der Waals surface area (Å²) < 4.78 is 5.05. The molecule has 138 valence electrons. The van der Waals surface area contributed by atoms with E-state index in [1.54, 1.807) is 0 Å². The second-order valence-corrected chi connectivity index (χ2v) is 7.84. The third-order valence-electron chi connectivity index (χ3n) is 3.98. The molecule has 0 radical (unpaired) electrons. The fourth-order valence-electron chi connectivity index (χ4n) is 2.97. The van der Waals surface area contributed by atoms with Gasteiger partial charge in [-0.15, -0.1) is 23.1 Å². The van der Waals surface area contributed by atoms with Gasteiger partial charge in [0.1, 0.15) is 5.92 Å². The number of carbonyl (C=O) groups is 4.